The van der Waals surface area contributed by atoms with Crippen LogP contribution in [0.5, 0.6) is 5.75 Å². The van der Waals surface area contributed by atoms with Crippen LogP contribution in [0.3, 0.4) is 0 Å². The van der Waals surface area contributed by atoms with Crippen molar-refractivity contribution in [2.24, 2.45) is 0 Å². The molecular formula is C19H19F3N2O2S. The minimum absolute atomic E-state index is 0.258. The van der Waals surface area contributed by atoms with E-state index in [9.17, 15) is 18.0 Å². The maximum atomic E-state index is 12.5. The Kier molecular flexibility index (Phi) is 6.28. The lowest BCUT2D eigenvalue weighted by Gasteiger charge is -2.27. The summed E-state index contributed by atoms with van der Waals surface area (Å²) in [6, 6.07) is 12.4. The molecule has 0 aliphatic carbocycles. The predicted octanol–water partition coefficient (Wildman–Crippen LogP) is 4.39. The lowest BCUT2D eigenvalue weighted by Crippen LogP contribution is -2.32. The van der Waals surface area contributed by atoms with Crippen LogP contribution in [0.15, 0.2) is 48.5 Å². The summed E-state index contributed by atoms with van der Waals surface area (Å²) in [6.07, 6.45) is -4.75. The van der Waals surface area contributed by atoms with Gasteiger partial charge in [-0.1, -0.05) is 18.2 Å². The van der Waals surface area contributed by atoms with Crippen molar-refractivity contribution in [3.63, 3.8) is 0 Å². The van der Waals surface area contributed by atoms with Gasteiger partial charge in [0, 0.05) is 42.4 Å². The quantitative estimate of drug-likeness (QED) is 0.814. The molecule has 1 heterocycles. The van der Waals surface area contributed by atoms with Crippen molar-refractivity contribution in [2.75, 3.05) is 29.9 Å². The molecule has 1 aliphatic rings. The van der Waals surface area contributed by atoms with Crippen molar-refractivity contribution >= 4 is 23.4 Å². The molecule has 0 aromatic heterocycles. The van der Waals surface area contributed by atoms with Crippen molar-refractivity contribution in [1.82, 2.24) is 4.90 Å². The van der Waals surface area contributed by atoms with Crippen LogP contribution >= 0.6 is 11.8 Å². The molecular weight excluding hydrogens is 377 g/mol. The van der Waals surface area contributed by atoms with E-state index in [0.717, 1.165) is 48.8 Å². The van der Waals surface area contributed by atoms with Gasteiger partial charge in [0.25, 0.3) is 5.91 Å². The number of nitrogens with zero attached hydrogens (tertiary/aromatic N) is 1. The van der Waals surface area contributed by atoms with Crippen molar-refractivity contribution in [2.45, 2.75) is 12.9 Å². The molecule has 0 radical (unpaired) electrons. The summed E-state index contributed by atoms with van der Waals surface area (Å²) in [7, 11) is 0. The SMILES string of the molecule is O=C(Nc1ccccc1CN1CCSCC1)c1ccc(OC(F)(F)F)cc1. The molecule has 0 unspecified atom stereocenters. The second kappa shape index (κ2) is 8.67. The van der Waals surface area contributed by atoms with Gasteiger partial charge in [0.2, 0.25) is 0 Å². The van der Waals surface area contributed by atoms with Crippen LogP contribution in [0.4, 0.5) is 18.9 Å². The number of halogens is 3. The summed E-state index contributed by atoms with van der Waals surface area (Å²) in [6.45, 7) is 2.76. The molecule has 0 atom stereocenters. The van der Waals surface area contributed by atoms with E-state index >= 15 is 0 Å². The van der Waals surface area contributed by atoms with E-state index in [1.54, 1.807) is 0 Å². The summed E-state index contributed by atoms with van der Waals surface area (Å²) >= 11 is 1.93. The first kappa shape index (κ1) is 19.6. The lowest BCUT2D eigenvalue weighted by atomic mass is 10.1. The summed E-state index contributed by atoms with van der Waals surface area (Å²) in [5.74, 6) is 1.46. The van der Waals surface area contributed by atoms with E-state index in [1.807, 2.05) is 36.0 Å². The number of carbonyl (C=O) groups excluding carboxylic acids is 1. The number of rotatable bonds is 5. The molecule has 4 nitrogen and oxygen atoms in total. The first-order valence-electron chi connectivity index (χ1n) is 8.46. The van der Waals surface area contributed by atoms with Crippen LogP contribution < -0.4 is 10.1 Å². The third kappa shape index (κ3) is 5.90. The molecule has 1 N–H and O–H groups in total. The van der Waals surface area contributed by atoms with Crippen molar-refractivity contribution in [3.8, 4) is 5.75 Å². The van der Waals surface area contributed by atoms with Crippen molar-refractivity contribution in [3.05, 3.63) is 59.7 Å². The van der Waals surface area contributed by atoms with Gasteiger partial charge in [-0.3, -0.25) is 9.69 Å². The van der Waals surface area contributed by atoms with Crippen molar-refractivity contribution < 1.29 is 22.7 Å². The number of ether oxygens (including phenoxy) is 1. The molecule has 1 aliphatic heterocycles. The summed E-state index contributed by atoms with van der Waals surface area (Å²) in [4.78, 5) is 14.8. The summed E-state index contributed by atoms with van der Waals surface area (Å²) in [5, 5.41) is 2.85. The Morgan fingerprint density at radius 3 is 2.41 bits per heavy atom. The van der Waals surface area contributed by atoms with Crippen LogP contribution in [0.2, 0.25) is 0 Å². The normalized spacial score (nSPS) is 15.4. The van der Waals surface area contributed by atoms with E-state index < -0.39 is 6.36 Å². The van der Waals surface area contributed by atoms with Gasteiger partial charge in [0.1, 0.15) is 5.75 Å². The van der Waals surface area contributed by atoms with Gasteiger partial charge in [-0.15, -0.1) is 13.2 Å². The minimum Gasteiger partial charge on any atom is -0.406 e. The first-order chi connectivity index (χ1) is 12.9. The molecule has 8 heteroatoms. The monoisotopic (exact) mass is 396 g/mol. The Morgan fingerprint density at radius 1 is 1.07 bits per heavy atom. The Bertz CT molecular complexity index is 775. The van der Waals surface area contributed by atoms with Gasteiger partial charge in [-0.05, 0) is 35.9 Å². The molecule has 3 rings (SSSR count). The fourth-order valence-corrected chi connectivity index (χ4v) is 3.76. The van der Waals surface area contributed by atoms with Crippen LogP contribution in [-0.4, -0.2) is 41.8 Å². The highest BCUT2D eigenvalue weighted by Crippen LogP contribution is 2.24. The number of anilines is 1. The highest BCUT2D eigenvalue weighted by Gasteiger charge is 2.31. The van der Waals surface area contributed by atoms with E-state index in [0.29, 0.717) is 5.69 Å². The van der Waals surface area contributed by atoms with Gasteiger partial charge in [-0.2, -0.15) is 11.8 Å². The van der Waals surface area contributed by atoms with Gasteiger partial charge in [0.05, 0.1) is 0 Å². The number of nitrogens with one attached hydrogen (secondary N) is 1. The molecule has 0 saturated carbocycles. The molecule has 1 amide bonds. The maximum Gasteiger partial charge on any atom is 0.573 e. The molecule has 27 heavy (non-hydrogen) atoms. The smallest absolute Gasteiger partial charge is 0.406 e. The van der Waals surface area contributed by atoms with Crippen molar-refractivity contribution in [1.29, 1.82) is 0 Å². The van der Waals surface area contributed by atoms with E-state index in [2.05, 4.69) is 15.0 Å². The molecule has 1 saturated heterocycles. The summed E-state index contributed by atoms with van der Waals surface area (Å²) < 4.78 is 40.5. The zero-order valence-corrected chi connectivity index (χ0v) is 15.3. The van der Waals surface area contributed by atoms with Gasteiger partial charge in [0.15, 0.2) is 0 Å². The Morgan fingerprint density at radius 2 is 1.74 bits per heavy atom. The number of alkyl halides is 3. The highest BCUT2D eigenvalue weighted by atomic mass is 32.2. The molecule has 144 valence electrons. The maximum absolute atomic E-state index is 12.5. The Labute approximate surface area is 159 Å². The third-order valence-corrected chi connectivity index (χ3v) is 5.06. The minimum atomic E-state index is -4.75. The van der Waals surface area contributed by atoms with Crippen LogP contribution in [0.1, 0.15) is 15.9 Å². The summed E-state index contributed by atoms with van der Waals surface area (Å²) in [5.41, 5.74) is 1.97. The fraction of sp³-hybridized carbons (Fsp3) is 0.316. The average molecular weight is 396 g/mol. The lowest BCUT2D eigenvalue weighted by molar-refractivity contribution is -0.274. The van der Waals surface area contributed by atoms with Crippen LogP contribution in [-0.2, 0) is 6.54 Å². The van der Waals surface area contributed by atoms with Gasteiger partial charge < -0.3 is 10.1 Å². The van der Waals surface area contributed by atoms with Crippen LogP contribution in [0.25, 0.3) is 0 Å². The molecule has 0 spiro atoms. The standard InChI is InChI=1S/C19H19F3N2O2S/c20-19(21,22)26-16-7-5-14(6-8-16)18(25)23-17-4-2-1-3-15(17)13-24-9-11-27-12-10-24/h1-8H,9-13H2,(H,23,25). The van der Waals surface area contributed by atoms with Gasteiger partial charge >= 0.3 is 6.36 Å². The highest BCUT2D eigenvalue weighted by molar-refractivity contribution is 7.99. The average Bonchev–Trinajstić information content (AvgIpc) is 2.63. The first-order valence-corrected chi connectivity index (χ1v) is 9.61. The number of thioether (sulfide) groups is 1. The Hall–Kier alpha value is -2.19. The second-order valence-corrected chi connectivity index (χ2v) is 7.30. The van der Waals surface area contributed by atoms with Crippen LogP contribution in [0, 0.1) is 0 Å². The zero-order valence-electron chi connectivity index (χ0n) is 14.5. The molecule has 2 aromatic rings. The number of hydrogen-bond donors (Lipinski definition) is 1. The third-order valence-electron chi connectivity index (χ3n) is 4.11. The number of hydrogen-bond acceptors (Lipinski definition) is 4. The largest absolute Gasteiger partial charge is 0.573 e. The van der Waals surface area contributed by atoms with E-state index in [4.69, 9.17) is 0 Å². The Balaban J connectivity index is 1.67. The second-order valence-electron chi connectivity index (χ2n) is 6.07. The molecule has 2 aromatic carbocycles. The number of benzene rings is 2. The molecule has 1 fully saturated rings. The van der Waals surface area contributed by atoms with E-state index in [-0.39, 0.29) is 17.2 Å². The van der Waals surface area contributed by atoms with Gasteiger partial charge in [-0.25, -0.2) is 0 Å². The fourth-order valence-electron chi connectivity index (χ4n) is 2.78. The zero-order chi connectivity index (χ0) is 19.3. The topological polar surface area (TPSA) is 41.6 Å². The number of para-hydroxylation sites is 1. The predicted molar refractivity (Wildman–Crippen MR) is 100 cm³/mol. The number of amides is 1. The number of carbonyl (C=O) groups is 1. The molecule has 0 bridgehead atoms. The van der Waals surface area contributed by atoms with E-state index in [1.165, 1.54) is 12.1 Å².